The Bertz CT molecular complexity index is 400. The molecule has 0 aromatic carbocycles. The summed E-state index contributed by atoms with van der Waals surface area (Å²) in [4.78, 5) is 0. The third-order valence-electron chi connectivity index (χ3n) is 2.09. The van der Waals surface area contributed by atoms with Gasteiger partial charge in [0, 0.05) is 11.9 Å². The number of nitrogens with zero attached hydrogens (tertiary/aromatic N) is 1. The van der Waals surface area contributed by atoms with E-state index in [1.165, 1.54) is 6.20 Å². The van der Waals surface area contributed by atoms with Gasteiger partial charge in [0.05, 0.1) is 24.9 Å². The summed E-state index contributed by atoms with van der Waals surface area (Å²) in [5.74, 6) is 0. The van der Waals surface area contributed by atoms with Crippen LogP contribution in [0.2, 0.25) is 0 Å². The molecule has 86 valence electrons. The van der Waals surface area contributed by atoms with E-state index in [0.29, 0.717) is 5.69 Å². The molecule has 1 aromatic heterocycles. The number of hydrogen-bond acceptors (Lipinski definition) is 5. The molecule has 1 atom stereocenters. The lowest BCUT2D eigenvalue weighted by Gasteiger charge is -2.24. The van der Waals surface area contributed by atoms with E-state index in [1.807, 2.05) is 0 Å². The molecule has 0 aliphatic rings. The van der Waals surface area contributed by atoms with Crippen LogP contribution in [0.1, 0.15) is 12.6 Å². The van der Waals surface area contributed by atoms with Crippen LogP contribution in [0, 0.1) is 0 Å². The molecule has 1 unspecified atom stereocenters. The number of aromatic nitrogens is 2. The van der Waals surface area contributed by atoms with Crippen molar-refractivity contribution in [1.29, 1.82) is 0 Å². The monoisotopic (exact) mass is 234 g/mol. The molecule has 1 heterocycles. The molecule has 2 N–H and O–H groups in total. The minimum absolute atomic E-state index is 0.121. The van der Waals surface area contributed by atoms with Gasteiger partial charge in [0.15, 0.2) is 0 Å². The summed E-state index contributed by atoms with van der Waals surface area (Å²) in [5, 5.41) is 15.7. The molecule has 1 aromatic rings. The normalized spacial score (nSPS) is 16.2. The summed E-state index contributed by atoms with van der Waals surface area (Å²) in [6.07, 6.45) is 2.50. The second-order valence-electron chi connectivity index (χ2n) is 3.66. The Balaban J connectivity index is 2.79. The summed E-state index contributed by atoms with van der Waals surface area (Å²) in [7, 11) is -3.50. The van der Waals surface area contributed by atoms with Gasteiger partial charge in [0.1, 0.15) is 0 Å². The largest absolute Gasteiger partial charge is 0.395 e. The SMILES string of the molecule is CC(CO)(COS(C)(=O)=O)c1ccn[nH]1. The molecule has 0 amide bonds. The number of nitrogens with one attached hydrogen (secondary N) is 1. The van der Waals surface area contributed by atoms with Gasteiger partial charge >= 0.3 is 0 Å². The fraction of sp³-hybridized carbons (Fsp3) is 0.625. The summed E-state index contributed by atoms with van der Waals surface area (Å²) in [5.41, 5.74) is -0.159. The first kappa shape index (κ1) is 12.2. The molecule has 0 saturated carbocycles. The van der Waals surface area contributed by atoms with Gasteiger partial charge in [0.2, 0.25) is 0 Å². The highest BCUT2D eigenvalue weighted by Crippen LogP contribution is 2.21. The fourth-order valence-corrected chi connectivity index (χ4v) is 1.51. The van der Waals surface area contributed by atoms with Crippen LogP contribution in [0.25, 0.3) is 0 Å². The predicted octanol–water partition coefficient (Wildman–Crippen LogP) is -0.364. The van der Waals surface area contributed by atoms with E-state index >= 15 is 0 Å². The van der Waals surface area contributed by atoms with E-state index in [9.17, 15) is 13.5 Å². The third kappa shape index (κ3) is 3.29. The second kappa shape index (κ2) is 4.30. The van der Waals surface area contributed by atoms with E-state index in [0.717, 1.165) is 6.26 Å². The van der Waals surface area contributed by atoms with Gasteiger partial charge in [-0.3, -0.25) is 9.28 Å². The molecule has 0 bridgehead atoms. The highest BCUT2D eigenvalue weighted by atomic mass is 32.2. The van der Waals surface area contributed by atoms with E-state index in [4.69, 9.17) is 0 Å². The van der Waals surface area contributed by atoms with Gasteiger partial charge in [-0.25, -0.2) is 0 Å². The van der Waals surface area contributed by atoms with Crippen molar-refractivity contribution in [3.8, 4) is 0 Å². The van der Waals surface area contributed by atoms with Crippen LogP contribution < -0.4 is 0 Å². The van der Waals surface area contributed by atoms with Crippen LogP contribution in [0.4, 0.5) is 0 Å². The standard InChI is InChI=1S/C8H14N2O4S/c1-8(5-11,6-14-15(2,12)13)7-3-4-9-10-7/h3-4,11H,5-6H2,1-2H3,(H,9,10). The second-order valence-corrected chi connectivity index (χ2v) is 5.30. The lowest BCUT2D eigenvalue weighted by atomic mass is 9.89. The van der Waals surface area contributed by atoms with E-state index in [-0.39, 0.29) is 13.2 Å². The van der Waals surface area contributed by atoms with Gasteiger partial charge in [-0.15, -0.1) is 0 Å². The van der Waals surface area contributed by atoms with Gasteiger partial charge in [-0.1, -0.05) is 0 Å². The third-order valence-corrected chi connectivity index (χ3v) is 2.64. The van der Waals surface area contributed by atoms with Gasteiger partial charge in [0.25, 0.3) is 10.1 Å². The number of aromatic amines is 1. The average Bonchev–Trinajstić information content (AvgIpc) is 2.66. The minimum atomic E-state index is -3.50. The van der Waals surface area contributed by atoms with E-state index in [1.54, 1.807) is 13.0 Å². The first-order chi connectivity index (χ1) is 6.87. The average molecular weight is 234 g/mol. The smallest absolute Gasteiger partial charge is 0.264 e. The summed E-state index contributed by atoms with van der Waals surface area (Å²) in [6.45, 7) is 1.33. The van der Waals surface area contributed by atoms with Crippen LogP contribution in [0.3, 0.4) is 0 Å². The molecule has 0 aliphatic heterocycles. The number of hydrogen-bond donors (Lipinski definition) is 2. The topological polar surface area (TPSA) is 92.3 Å². The zero-order valence-corrected chi connectivity index (χ0v) is 9.41. The minimum Gasteiger partial charge on any atom is -0.395 e. The van der Waals surface area contributed by atoms with Gasteiger partial charge < -0.3 is 5.11 Å². The molecule has 0 saturated heterocycles. The predicted molar refractivity (Wildman–Crippen MR) is 53.8 cm³/mol. The van der Waals surface area contributed by atoms with Crippen molar-refractivity contribution in [2.75, 3.05) is 19.5 Å². The zero-order valence-electron chi connectivity index (χ0n) is 8.60. The Labute approximate surface area is 88.4 Å². The van der Waals surface area contributed by atoms with E-state index < -0.39 is 15.5 Å². The maximum absolute atomic E-state index is 10.8. The molecule has 15 heavy (non-hydrogen) atoms. The molecule has 0 fully saturated rings. The number of H-pyrrole nitrogens is 1. The number of aliphatic hydroxyl groups excluding tert-OH is 1. The van der Waals surface area contributed by atoms with Gasteiger partial charge in [-0.2, -0.15) is 13.5 Å². The van der Waals surface area contributed by atoms with Crippen molar-refractivity contribution in [2.45, 2.75) is 12.3 Å². The molecule has 0 aliphatic carbocycles. The molecule has 7 heteroatoms. The Morgan fingerprint density at radius 2 is 2.33 bits per heavy atom. The van der Waals surface area contributed by atoms with Crippen molar-refractivity contribution < 1.29 is 17.7 Å². The van der Waals surface area contributed by atoms with Crippen molar-refractivity contribution in [2.24, 2.45) is 0 Å². The summed E-state index contributed by atoms with van der Waals surface area (Å²) in [6, 6.07) is 1.67. The molecule has 0 spiro atoms. The Hall–Kier alpha value is -0.920. The highest BCUT2D eigenvalue weighted by molar-refractivity contribution is 7.85. The molecular formula is C8H14N2O4S. The number of rotatable bonds is 5. The van der Waals surface area contributed by atoms with Crippen LogP contribution in [-0.4, -0.2) is 43.2 Å². The van der Waals surface area contributed by atoms with Crippen LogP contribution in [-0.2, 0) is 19.7 Å². The Kier molecular flexibility index (Phi) is 3.48. The van der Waals surface area contributed by atoms with Crippen molar-refractivity contribution in [1.82, 2.24) is 10.2 Å². The van der Waals surface area contributed by atoms with Gasteiger partial charge in [-0.05, 0) is 13.0 Å². The molecule has 0 radical (unpaired) electrons. The van der Waals surface area contributed by atoms with E-state index in [2.05, 4.69) is 14.4 Å². The van der Waals surface area contributed by atoms with Crippen molar-refractivity contribution >= 4 is 10.1 Å². The first-order valence-corrected chi connectivity index (χ1v) is 6.14. The molecule has 1 rings (SSSR count). The molecule has 6 nitrogen and oxygen atoms in total. The maximum Gasteiger partial charge on any atom is 0.264 e. The van der Waals surface area contributed by atoms with Crippen molar-refractivity contribution in [3.05, 3.63) is 18.0 Å². The first-order valence-electron chi connectivity index (χ1n) is 4.32. The van der Waals surface area contributed by atoms with Crippen LogP contribution in [0.15, 0.2) is 12.3 Å². The Morgan fingerprint density at radius 1 is 1.67 bits per heavy atom. The summed E-state index contributed by atoms with van der Waals surface area (Å²) < 4.78 is 26.3. The molecular weight excluding hydrogens is 220 g/mol. The maximum atomic E-state index is 10.8. The number of aliphatic hydroxyl groups is 1. The Morgan fingerprint density at radius 3 is 2.73 bits per heavy atom. The van der Waals surface area contributed by atoms with Crippen LogP contribution >= 0.6 is 0 Å². The van der Waals surface area contributed by atoms with Crippen molar-refractivity contribution in [3.63, 3.8) is 0 Å². The van der Waals surface area contributed by atoms with Crippen LogP contribution in [0.5, 0.6) is 0 Å². The zero-order chi connectivity index (χ0) is 11.5. The highest BCUT2D eigenvalue weighted by Gasteiger charge is 2.29. The summed E-state index contributed by atoms with van der Waals surface area (Å²) >= 11 is 0. The fourth-order valence-electron chi connectivity index (χ4n) is 1.04. The quantitative estimate of drug-likeness (QED) is 0.678. The lowest BCUT2D eigenvalue weighted by Crippen LogP contribution is -2.34. The lowest BCUT2D eigenvalue weighted by molar-refractivity contribution is 0.142.